The van der Waals surface area contributed by atoms with Gasteiger partial charge in [-0.2, -0.15) is 5.10 Å². The Balaban J connectivity index is 1.80. The zero-order chi connectivity index (χ0) is 13.9. The van der Waals surface area contributed by atoms with Crippen LogP contribution in [-0.4, -0.2) is 35.3 Å². The number of amides is 2. The highest BCUT2D eigenvalue weighted by atomic mass is 16.6. The maximum absolute atomic E-state index is 12.1. The molecule has 1 aliphatic rings. The number of benzene rings is 1. The van der Waals surface area contributed by atoms with Crippen LogP contribution in [-0.2, 0) is 4.74 Å². The van der Waals surface area contributed by atoms with Crippen molar-refractivity contribution in [3.05, 3.63) is 42.1 Å². The van der Waals surface area contributed by atoms with Crippen molar-refractivity contribution in [3.63, 3.8) is 0 Å². The van der Waals surface area contributed by atoms with Crippen molar-refractivity contribution in [2.24, 2.45) is 0 Å². The van der Waals surface area contributed by atoms with Crippen LogP contribution < -0.4 is 10.2 Å². The smallest absolute Gasteiger partial charge is 0.414 e. The van der Waals surface area contributed by atoms with Gasteiger partial charge in [-0.25, -0.2) is 4.79 Å². The normalized spacial score (nSPS) is 14.2. The molecule has 0 atom stereocenters. The van der Waals surface area contributed by atoms with E-state index in [0.717, 1.165) is 0 Å². The van der Waals surface area contributed by atoms with Crippen LogP contribution in [0.5, 0.6) is 0 Å². The quantitative estimate of drug-likeness (QED) is 0.888. The van der Waals surface area contributed by atoms with E-state index in [0.29, 0.717) is 30.2 Å². The third-order valence-electron chi connectivity index (χ3n) is 2.93. The van der Waals surface area contributed by atoms with Gasteiger partial charge >= 0.3 is 6.09 Å². The molecular formula is C13H12N4O3. The highest BCUT2D eigenvalue weighted by Gasteiger charge is 2.24. The van der Waals surface area contributed by atoms with Crippen molar-refractivity contribution in [1.29, 1.82) is 0 Å². The minimum atomic E-state index is -0.392. The van der Waals surface area contributed by atoms with Crippen molar-refractivity contribution in [2.75, 3.05) is 23.4 Å². The lowest BCUT2D eigenvalue weighted by Gasteiger charge is -2.13. The fourth-order valence-electron chi connectivity index (χ4n) is 1.96. The van der Waals surface area contributed by atoms with Gasteiger partial charge in [-0.3, -0.25) is 14.8 Å². The van der Waals surface area contributed by atoms with E-state index in [-0.39, 0.29) is 5.91 Å². The van der Waals surface area contributed by atoms with E-state index in [2.05, 4.69) is 15.5 Å². The molecule has 2 aromatic rings. The molecule has 0 unspecified atom stereocenters. The van der Waals surface area contributed by atoms with Gasteiger partial charge in [0.25, 0.3) is 5.91 Å². The third kappa shape index (κ3) is 2.33. The summed E-state index contributed by atoms with van der Waals surface area (Å²) in [5.74, 6) is 0.240. The fourth-order valence-corrected chi connectivity index (χ4v) is 1.96. The van der Waals surface area contributed by atoms with Crippen LogP contribution in [0.4, 0.5) is 16.3 Å². The molecule has 1 saturated heterocycles. The first kappa shape index (κ1) is 12.2. The van der Waals surface area contributed by atoms with E-state index in [4.69, 9.17) is 4.74 Å². The number of aromatic nitrogens is 2. The topological polar surface area (TPSA) is 87.3 Å². The van der Waals surface area contributed by atoms with Crippen LogP contribution in [0.25, 0.3) is 0 Å². The number of nitrogens with one attached hydrogen (secondary N) is 2. The zero-order valence-electron chi connectivity index (χ0n) is 10.5. The summed E-state index contributed by atoms with van der Waals surface area (Å²) in [6, 6.07) is 8.47. The number of rotatable bonds is 3. The van der Waals surface area contributed by atoms with Gasteiger partial charge in [0.1, 0.15) is 12.4 Å². The molecule has 0 aliphatic carbocycles. The van der Waals surface area contributed by atoms with Gasteiger partial charge in [0.05, 0.1) is 12.7 Å². The second kappa shape index (κ2) is 5.04. The van der Waals surface area contributed by atoms with Crippen LogP contribution in [0.1, 0.15) is 10.4 Å². The lowest BCUT2D eigenvalue weighted by atomic mass is 10.1. The van der Waals surface area contributed by atoms with Crippen molar-refractivity contribution >= 4 is 23.5 Å². The first-order valence-electron chi connectivity index (χ1n) is 6.09. The van der Waals surface area contributed by atoms with Gasteiger partial charge in [0.2, 0.25) is 0 Å². The monoisotopic (exact) mass is 272 g/mol. The van der Waals surface area contributed by atoms with E-state index in [9.17, 15) is 9.59 Å². The molecule has 1 fully saturated rings. The second-order valence-corrected chi connectivity index (χ2v) is 4.24. The molecule has 0 radical (unpaired) electrons. The molecule has 7 heteroatoms. The van der Waals surface area contributed by atoms with Crippen molar-refractivity contribution in [1.82, 2.24) is 10.2 Å². The molecule has 1 aromatic carbocycles. The molecule has 7 nitrogen and oxygen atoms in total. The van der Waals surface area contributed by atoms with Gasteiger partial charge < -0.3 is 10.1 Å². The number of cyclic esters (lactones) is 1. The highest BCUT2D eigenvalue weighted by molar-refractivity contribution is 6.04. The summed E-state index contributed by atoms with van der Waals surface area (Å²) in [6.07, 6.45) is 1.16. The Labute approximate surface area is 114 Å². The molecule has 0 spiro atoms. The van der Waals surface area contributed by atoms with Crippen LogP contribution >= 0.6 is 0 Å². The molecule has 1 aliphatic heterocycles. The van der Waals surface area contributed by atoms with E-state index in [1.165, 1.54) is 4.90 Å². The molecule has 2 amide bonds. The maximum atomic E-state index is 12.1. The van der Waals surface area contributed by atoms with Gasteiger partial charge in [-0.15, -0.1) is 0 Å². The molecular weight excluding hydrogens is 260 g/mol. The Bertz CT molecular complexity index is 639. The lowest BCUT2D eigenvalue weighted by Crippen LogP contribution is -2.23. The number of anilines is 2. The Hall–Kier alpha value is -2.83. The molecule has 0 saturated carbocycles. The van der Waals surface area contributed by atoms with Gasteiger partial charge in [0.15, 0.2) is 0 Å². The van der Waals surface area contributed by atoms with Gasteiger partial charge in [-0.1, -0.05) is 6.07 Å². The summed E-state index contributed by atoms with van der Waals surface area (Å²) in [5.41, 5.74) is 1.10. The summed E-state index contributed by atoms with van der Waals surface area (Å²) in [4.78, 5) is 25.1. The average molecular weight is 272 g/mol. The van der Waals surface area contributed by atoms with Gasteiger partial charge in [-0.05, 0) is 18.2 Å². The Morgan fingerprint density at radius 1 is 1.40 bits per heavy atom. The predicted molar refractivity (Wildman–Crippen MR) is 71.7 cm³/mol. The molecule has 2 N–H and O–H groups in total. The minimum Gasteiger partial charge on any atom is -0.447 e. The summed E-state index contributed by atoms with van der Waals surface area (Å²) < 4.78 is 4.88. The summed E-state index contributed by atoms with van der Waals surface area (Å²) in [5, 5.41) is 9.07. The molecule has 2 heterocycles. The van der Waals surface area contributed by atoms with Crippen LogP contribution in [0, 0.1) is 0 Å². The molecule has 102 valence electrons. The SMILES string of the molecule is O=C(Nc1ccn[nH]1)c1cccc(N2CCOC2=O)c1. The van der Waals surface area contributed by atoms with Crippen LogP contribution in [0.3, 0.4) is 0 Å². The summed E-state index contributed by atoms with van der Waals surface area (Å²) >= 11 is 0. The van der Waals surface area contributed by atoms with E-state index in [1.54, 1.807) is 36.5 Å². The van der Waals surface area contributed by atoms with Crippen molar-refractivity contribution < 1.29 is 14.3 Å². The summed E-state index contributed by atoms with van der Waals surface area (Å²) in [6.45, 7) is 0.855. The van der Waals surface area contributed by atoms with Crippen LogP contribution in [0.2, 0.25) is 0 Å². The van der Waals surface area contributed by atoms with E-state index >= 15 is 0 Å². The Kier molecular flexibility index (Phi) is 3.08. The Morgan fingerprint density at radius 3 is 3.00 bits per heavy atom. The zero-order valence-corrected chi connectivity index (χ0v) is 10.5. The lowest BCUT2D eigenvalue weighted by molar-refractivity contribution is 0.102. The van der Waals surface area contributed by atoms with Gasteiger partial charge in [0, 0.05) is 17.3 Å². The highest BCUT2D eigenvalue weighted by Crippen LogP contribution is 2.20. The number of hydrogen-bond acceptors (Lipinski definition) is 4. The summed E-state index contributed by atoms with van der Waals surface area (Å²) in [7, 11) is 0. The van der Waals surface area contributed by atoms with Crippen LogP contribution in [0.15, 0.2) is 36.5 Å². The largest absolute Gasteiger partial charge is 0.447 e. The van der Waals surface area contributed by atoms with E-state index < -0.39 is 6.09 Å². The second-order valence-electron chi connectivity index (χ2n) is 4.24. The fraction of sp³-hybridized carbons (Fsp3) is 0.154. The molecule has 0 bridgehead atoms. The number of carbonyl (C=O) groups excluding carboxylic acids is 2. The predicted octanol–water partition coefficient (Wildman–Crippen LogP) is 1.62. The Morgan fingerprint density at radius 2 is 2.30 bits per heavy atom. The molecule has 1 aromatic heterocycles. The molecule has 20 heavy (non-hydrogen) atoms. The first-order chi connectivity index (χ1) is 9.74. The third-order valence-corrected chi connectivity index (χ3v) is 2.93. The first-order valence-corrected chi connectivity index (χ1v) is 6.09. The van der Waals surface area contributed by atoms with Crippen molar-refractivity contribution in [2.45, 2.75) is 0 Å². The number of H-pyrrole nitrogens is 1. The van der Waals surface area contributed by atoms with E-state index in [1.807, 2.05) is 0 Å². The number of ether oxygens (including phenoxy) is 1. The maximum Gasteiger partial charge on any atom is 0.414 e. The molecule has 3 rings (SSSR count). The standard InChI is InChI=1S/C13H12N4O3/c18-12(15-11-4-5-14-16-11)9-2-1-3-10(8-9)17-6-7-20-13(17)19/h1-5,8H,6-7H2,(H2,14,15,16,18). The number of hydrogen-bond donors (Lipinski definition) is 2. The minimum absolute atomic E-state index is 0.274. The number of aromatic amines is 1. The number of nitrogens with zero attached hydrogens (tertiary/aromatic N) is 2. The van der Waals surface area contributed by atoms with Crippen molar-refractivity contribution in [3.8, 4) is 0 Å². The average Bonchev–Trinajstić information content (AvgIpc) is 3.10. The number of carbonyl (C=O) groups is 2.